The van der Waals surface area contributed by atoms with Gasteiger partial charge in [0.05, 0.1) is 13.7 Å². The molecule has 1 atom stereocenters. The Kier molecular flexibility index (Phi) is 5.05. The number of halogens is 2. The first-order chi connectivity index (χ1) is 12.8. The van der Waals surface area contributed by atoms with Crippen LogP contribution in [0.5, 0.6) is 0 Å². The topological polar surface area (TPSA) is 89.9 Å². The lowest BCUT2D eigenvalue weighted by atomic mass is 9.84. The Morgan fingerprint density at radius 3 is 2.52 bits per heavy atom. The molecular weight excluding hydrogens is 419 g/mol. The summed E-state index contributed by atoms with van der Waals surface area (Å²) < 4.78 is 20.0. The highest BCUT2D eigenvalue weighted by molar-refractivity contribution is 9.10. The molecule has 9 heteroatoms. The molecule has 0 bridgehead atoms. The number of amides is 1. The Hall–Kier alpha value is -2.68. The predicted octanol–water partition coefficient (Wildman–Crippen LogP) is 2.04. The third-order valence-corrected chi connectivity index (χ3v) is 5.07. The van der Waals surface area contributed by atoms with Crippen LogP contribution in [0.1, 0.15) is 21.6 Å². The third-order valence-electron chi connectivity index (χ3n) is 4.54. The van der Waals surface area contributed by atoms with Crippen LogP contribution in [0.2, 0.25) is 0 Å². The van der Waals surface area contributed by atoms with E-state index in [1.54, 1.807) is 30.5 Å². The van der Waals surface area contributed by atoms with Crippen LogP contribution in [-0.2, 0) is 21.6 Å². The van der Waals surface area contributed by atoms with Crippen molar-refractivity contribution in [2.24, 2.45) is 10.7 Å². The number of methoxy groups -OCH3 is 1. The van der Waals surface area contributed by atoms with Crippen LogP contribution >= 0.6 is 15.9 Å². The smallest absolute Gasteiger partial charge is 0.354 e. The number of aliphatic imine (C=N–C) groups is 1. The molecule has 2 N–H and O–H groups in total. The maximum absolute atomic E-state index is 13.2. The van der Waals surface area contributed by atoms with Crippen molar-refractivity contribution in [3.63, 3.8) is 0 Å². The van der Waals surface area contributed by atoms with Gasteiger partial charge in [-0.1, -0.05) is 28.1 Å². The summed E-state index contributed by atoms with van der Waals surface area (Å²) >= 11 is 3.37. The van der Waals surface area contributed by atoms with Gasteiger partial charge in [0.15, 0.2) is 11.5 Å². The van der Waals surface area contributed by atoms with Crippen molar-refractivity contribution in [3.8, 4) is 0 Å². The van der Waals surface area contributed by atoms with E-state index in [-0.39, 0.29) is 24.1 Å². The van der Waals surface area contributed by atoms with E-state index in [1.165, 1.54) is 29.7 Å². The molecule has 0 saturated carbocycles. The molecule has 0 radical (unpaired) electrons. The fourth-order valence-electron chi connectivity index (χ4n) is 3.13. The van der Waals surface area contributed by atoms with Gasteiger partial charge in [-0.2, -0.15) is 0 Å². The van der Waals surface area contributed by atoms with Gasteiger partial charge in [0.25, 0.3) is 5.91 Å². The zero-order chi connectivity index (χ0) is 19.8. The van der Waals surface area contributed by atoms with E-state index in [0.29, 0.717) is 11.1 Å². The lowest BCUT2D eigenvalue weighted by molar-refractivity contribution is -0.129. The number of likely N-dealkylation sites (N-methyl/N-ethyl adjacent to an activating group) is 1. The Morgan fingerprint density at radius 1 is 1.33 bits per heavy atom. The highest BCUT2D eigenvalue weighted by Gasteiger charge is 2.50. The SMILES string of the molecule is COC(=O)c1cc(C2(c3ccc(Br)cc3)N=C(N)N(C)C2=O)cn1CCF. The second kappa shape index (κ2) is 7.15. The summed E-state index contributed by atoms with van der Waals surface area (Å²) in [5.41, 5.74) is 5.60. The molecule has 1 aliphatic rings. The van der Waals surface area contributed by atoms with E-state index in [4.69, 9.17) is 10.5 Å². The minimum absolute atomic E-state index is 0.0515. The van der Waals surface area contributed by atoms with Gasteiger partial charge in [0.1, 0.15) is 12.4 Å². The summed E-state index contributed by atoms with van der Waals surface area (Å²) in [6.45, 7) is -0.729. The predicted molar refractivity (Wildman–Crippen MR) is 101 cm³/mol. The van der Waals surface area contributed by atoms with Crippen molar-refractivity contribution in [1.82, 2.24) is 9.47 Å². The van der Waals surface area contributed by atoms with Gasteiger partial charge in [-0.05, 0) is 23.8 Å². The van der Waals surface area contributed by atoms with Crippen molar-refractivity contribution in [2.75, 3.05) is 20.8 Å². The van der Waals surface area contributed by atoms with Gasteiger partial charge >= 0.3 is 5.97 Å². The molecule has 3 rings (SSSR count). The number of rotatable bonds is 5. The summed E-state index contributed by atoms with van der Waals surface area (Å²) in [4.78, 5) is 31.0. The number of hydrogen-bond donors (Lipinski definition) is 1. The normalized spacial score (nSPS) is 19.3. The summed E-state index contributed by atoms with van der Waals surface area (Å²) in [5, 5.41) is 0. The number of aryl methyl sites for hydroxylation is 1. The Morgan fingerprint density at radius 2 is 2.00 bits per heavy atom. The van der Waals surface area contributed by atoms with Crippen LogP contribution in [-0.4, -0.2) is 48.1 Å². The van der Waals surface area contributed by atoms with Crippen molar-refractivity contribution in [3.05, 3.63) is 57.8 Å². The molecule has 1 aromatic heterocycles. The molecule has 7 nitrogen and oxygen atoms in total. The molecule has 1 aromatic carbocycles. The average molecular weight is 437 g/mol. The van der Waals surface area contributed by atoms with Crippen LogP contribution in [0.15, 0.2) is 46.0 Å². The Labute approximate surface area is 163 Å². The second-order valence-corrected chi connectivity index (χ2v) is 6.96. The number of nitrogens with zero attached hydrogens (tertiary/aromatic N) is 3. The quantitative estimate of drug-likeness (QED) is 0.726. The van der Waals surface area contributed by atoms with Gasteiger partial charge < -0.3 is 15.0 Å². The zero-order valence-electron chi connectivity index (χ0n) is 14.8. The first-order valence-electron chi connectivity index (χ1n) is 8.09. The van der Waals surface area contributed by atoms with E-state index >= 15 is 0 Å². The van der Waals surface area contributed by atoms with Crippen molar-refractivity contribution in [2.45, 2.75) is 12.1 Å². The molecule has 0 fully saturated rings. The van der Waals surface area contributed by atoms with Crippen LogP contribution in [0.3, 0.4) is 0 Å². The maximum Gasteiger partial charge on any atom is 0.354 e. The third kappa shape index (κ3) is 3.01. The lowest BCUT2D eigenvalue weighted by Crippen LogP contribution is -2.41. The van der Waals surface area contributed by atoms with E-state index in [1.807, 2.05) is 0 Å². The van der Waals surface area contributed by atoms with Gasteiger partial charge in [0, 0.05) is 23.3 Å². The van der Waals surface area contributed by atoms with Gasteiger partial charge in [0.2, 0.25) is 0 Å². The lowest BCUT2D eigenvalue weighted by Gasteiger charge is -2.24. The van der Waals surface area contributed by atoms with Crippen LogP contribution < -0.4 is 5.73 Å². The fraction of sp³-hybridized carbons (Fsp3) is 0.278. The van der Waals surface area contributed by atoms with E-state index in [0.717, 1.165) is 4.47 Å². The maximum atomic E-state index is 13.2. The molecule has 2 aromatic rings. The number of benzene rings is 1. The fourth-order valence-corrected chi connectivity index (χ4v) is 3.40. The van der Waals surface area contributed by atoms with Crippen LogP contribution in [0.4, 0.5) is 4.39 Å². The number of hydrogen-bond acceptors (Lipinski definition) is 5. The van der Waals surface area contributed by atoms with E-state index in [9.17, 15) is 14.0 Å². The van der Waals surface area contributed by atoms with Crippen molar-refractivity contribution >= 4 is 33.8 Å². The van der Waals surface area contributed by atoms with E-state index < -0.39 is 18.2 Å². The molecule has 1 unspecified atom stereocenters. The molecule has 142 valence electrons. The molecule has 2 heterocycles. The van der Waals surface area contributed by atoms with Crippen molar-refractivity contribution < 1.29 is 18.7 Å². The van der Waals surface area contributed by atoms with Gasteiger partial charge in [-0.15, -0.1) is 0 Å². The molecule has 0 aliphatic carbocycles. The number of carbonyl (C=O) groups is 2. The van der Waals surface area contributed by atoms with Gasteiger partial charge in [-0.25, -0.2) is 14.2 Å². The van der Waals surface area contributed by atoms with Crippen LogP contribution in [0.25, 0.3) is 0 Å². The second-order valence-electron chi connectivity index (χ2n) is 6.04. The minimum atomic E-state index is -1.45. The highest BCUT2D eigenvalue weighted by Crippen LogP contribution is 2.40. The number of alkyl halides is 1. The summed E-state index contributed by atoms with van der Waals surface area (Å²) in [6, 6.07) is 8.57. The Bertz CT molecular complexity index is 925. The monoisotopic (exact) mass is 436 g/mol. The molecule has 0 spiro atoms. The molecule has 27 heavy (non-hydrogen) atoms. The standard InChI is InChI=1S/C18H18BrFN4O3/c1-23-16(26)18(22-17(23)21,11-3-5-13(19)6-4-11)12-9-14(15(25)27-2)24(10-12)8-7-20/h3-6,9-10H,7-8H2,1-2H3,(H2,21,22). The molecule has 1 amide bonds. The average Bonchev–Trinajstić information content (AvgIpc) is 3.18. The number of guanidine groups is 1. The van der Waals surface area contributed by atoms with Gasteiger partial charge in [-0.3, -0.25) is 9.69 Å². The summed E-state index contributed by atoms with van der Waals surface area (Å²) in [7, 11) is 2.77. The number of nitrogens with two attached hydrogens (primary N) is 1. The van der Waals surface area contributed by atoms with Crippen molar-refractivity contribution in [1.29, 1.82) is 0 Å². The van der Waals surface area contributed by atoms with E-state index in [2.05, 4.69) is 20.9 Å². The number of carbonyl (C=O) groups excluding carboxylic acids is 2. The summed E-state index contributed by atoms with van der Waals surface area (Å²) in [6.07, 6.45) is 1.54. The van der Waals surface area contributed by atoms with Crippen LogP contribution in [0, 0.1) is 0 Å². The number of esters is 1. The highest BCUT2D eigenvalue weighted by atomic mass is 79.9. The first-order valence-corrected chi connectivity index (χ1v) is 8.89. The Balaban J connectivity index is 2.26. The molecule has 0 saturated heterocycles. The zero-order valence-corrected chi connectivity index (χ0v) is 16.4. The molecule has 1 aliphatic heterocycles. The number of aromatic nitrogens is 1. The molecular formula is C18H18BrFN4O3. The number of ether oxygens (including phenoxy) is 1. The summed E-state index contributed by atoms with van der Waals surface area (Å²) in [5.74, 6) is -0.937. The first kappa shape index (κ1) is 19.1. The largest absolute Gasteiger partial charge is 0.464 e. The minimum Gasteiger partial charge on any atom is -0.464 e.